The van der Waals surface area contributed by atoms with Gasteiger partial charge in [0.15, 0.2) is 0 Å². The van der Waals surface area contributed by atoms with Gasteiger partial charge in [0, 0.05) is 10.7 Å². The van der Waals surface area contributed by atoms with Gasteiger partial charge in [0.25, 0.3) is 11.8 Å². The molecule has 0 atom stereocenters. The van der Waals surface area contributed by atoms with Crippen LogP contribution in [0.2, 0.25) is 5.02 Å². The van der Waals surface area contributed by atoms with Gasteiger partial charge in [-0.25, -0.2) is 4.90 Å². The van der Waals surface area contributed by atoms with Crippen LogP contribution in [0.5, 0.6) is 0 Å². The second kappa shape index (κ2) is 8.05. The van der Waals surface area contributed by atoms with E-state index in [2.05, 4.69) is 5.32 Å². The van der Waals surface area contributed by atoms with Gasteiger partial charge in [-0.05, 0) is 74.2 Å². The van der Waals surface area contributed by atoms with Crippen molar-refractivity contribution in [2.75, 3.05) is 10.2 Å². The Morgan fingerprint density at radius 1 is 0.742 bits per heavy atom. The van der Waals surface area contributed by atoms with Crippen molar-refractivity contribution in [2.45, 2.75) is 27.7 Å². The number of aryl methyl sites for hydroxylation is 4. The van der Waals surface area contributed by atoms with Crippen molar-refractivity contribution in [2.24, 2.45) is 0 Å². The lowest BCUT2D eigenvalue weighted by atomic mass is 10.0. The van der Waals surface area contributed by atoms with Crippen molar-refractivity contribution < 1.29 is 9.59 Å². The normalized spacial score (nSPS) is 13.9. The van der Waals surface area contributed by atoms with Crippen LogP contribution >= 0.6 is 11.6 Å². The zero-order chi connectivity index (χ0) is 22.3. The molecular weight excluding hydrogens is 408 g/mol. The Hall–Kier alpha value is -3.37. The van der Waals surface area contributed by atoms with E-state index in [0.717, 1.165) is 27.9 Å². The molecule has 0 radical (unpaired) electrons. The highest BCUT2D eigenvalue weighted by molar-refractivity contribution is 6.46. The largest absolute Gasteiger partial charge is 0.350 e. The summed E-state index contributed by atoms with van der Waals surface area (Å²) in [5.41, 5.74) is 6.71. The predicted octanol–water partition coefficient (Wildman–Crippen LogP) is 5.97. The molecule has 4 rings (SSSR count). The van der Waals surface area contributed by atoms with Crippen LogP contribution in [0.15, 0.2) is 66.4 Å². The van der Waals surface area contributed by atoms with E-state index < -0.39 is 5.91 Å². The molecular formula is C26H23ClN2O2. The van der Waals surface area contributed by atoms with Crippen LogP contribution in [-0.2, 0) is 9.59 Å². The Labute approximate surface area is 187 Å². The monoisotopic (exact) mass is 430 g/mol. The Morgan fingerprint density at radius 2 is 1.42 bits per heavy atom. The summed E-state index contributed by atoms with van der Waals surface area (Å²) in [7, 11) is 0. The van der Waals surface area contributed by atoms with Gasteiger partial charge in [-0.3, -0.25) is 9.59 Å². The number of amides is 2. The summed E-state index contributed by atoms with van der Waals surface area (Å²) in [5, 5.41) is 3.72. The SMILES string of the molecule is Cc1ccc(C2=C(Nc3ccc(C)c(C)c3)C(=O)N(c3ccc(C)c(Cl)c3)C2=O)cc1. The molecule has 2 amide bonds. The van der Waals surface area contributed by atoms with Crippen LogP contribution in [0.3, 0.4) is 0 Å². The molecule has 0 fully saturated rings. The van der Waals surface area contributed by atoms with Crippen LogP contribution in [0.4, 0.5) is 11.4 Å². The number of hydrogen-bond donors (Lipinski definition) is 1. The number of hydrogen-bond acceptors (Lipinski definition) is 3. The molecule has 0 aliphatic carbocycles. The molecule has 1 heterocycles. The van der Waals surface area contributed by atoms with Crippen LogP contribution in [0.1, 0.15) is 27.8 Å². The highest BCUT2D eigenvalue weighted by atomic mass is 35.5. The standard InChI is InChI=1S/C26H23ClN2O2/c1-15-5-9-19(10-6-15)23-24(28-20-11-7-16(2)18(4)13-20)26(31)29(25(23)30)21-12-8-17(3)22(27)14-21/h5-14,28H,1-4H3. The Morgan fingerprint density at radius 3 is 2.06 bits per heavy atom. The fraction of sp³-hybridized carbons (Fsp3) is 0.154. The summed E-state index contributed by atoms with van der Waals surface area (Å²) in [6.45, 7) is 7.90. The summed E-state index contributed by atoms with van der Waals surface area (Å²) in [5.74, 6) is -0.779. The van der Waals surface area contributed by atoms with Crippen molar-refractivity contribution in [3.63, 3.8) is 0 Å². The number of carbonyl (C=O) groups is 2. The predicted molar refractivity (Wildman–Crippen MR) is 126 cm³/mol. The van der Waals surface area contributed by atoms with Gasteiger partial charge in [0.2, 0.25) is 0 Å². The summed E-state index contributed by atoms with van der Waals surface area (Å²) < 4.78 is 0. The third-order valence-electron chi connectivity index (χ3n) is 5.61. The maximum Gasteiger partial charge on any atom is 0.282 e. The number of carbonyl (C=O) groups excluding carboxylic acids is 2. The molecule has 156 valence electrons. The average molecular weight is 431 g/mol. The minimum atomic E-state index is -0.404. The van der Waals surface area contributed by atoms with E-state index in [9.17, 15) is 9.59 Å². The fourth-order valence-corrected chi connectivity index (χ4v) is 3.73. The van der Waals surface area contributed by atoms with Crippen LogP contribution in [0, 0.1) is 27.7 Å². The molecule has 3 aromatic rings. The molecule has 4 nitrogen and oxygen atoms in total. The lowest BCUT2D eigenvalue weighted by molar-refractivity contribution is -0.120. The van der Waals surface area contributed by atoms with Crippen LogP contribution in [0.25, 0.3) is 5.57 Å². The van der Waals surface area contributed by atoms with Gasteiger partial charge < -0.3 is 5.32 Å². The lowest BCUT2D eigenvalue weighted by Crippen LogP contribution is -2.32. The zero-order valence-electron chi connectivity index (χ0n) is 17.9. The molecule has 0 saturated heterocycles. The lowest BCUT2D eigenvalue weighted by Gasteiger charge is -2.16. The number of halogens is 1. The van der Waals surface area contributed by atoms with E-state index in [1.165, 1.54) is 4.90 Å². The first-order valence-corrected chi connectivity index (χ1v) is 10.4. The highest BCUT2D eigenvalue weighted by Crippen LogP contribution is 2.35. The van der Waals surface area contributed by atoms with E-state index in [1.54, 1.807) is 18.2 Å². The third kappa shape index (κ3) is 3.87. The fourth-order valence-electron chi connectivity index (χ4n) is 3.55. The molecule has 1 aliphatic rings. The van der Waals surface area contributed by atoms with E-state index >= 15 is 0 Å². The Bertz CT molecular complexity index is 1240. The highest BCUT2D eigenvalue weighted by Gasteiger charge is 2.40. The molecule has 3 aromatic carbocycles. The van der Waals surface area contributed by atoms with Crippen molar-refractivity contribution in [1.29, 1.82) is 0 Å². The number of benzene rings is 3. The van der Waals surface area contributed by atoms with E-state index in [4.69, 9.17) is 11.6 Å². The maximum atomic E-state index is 13.5. The van der Waals surface area contributed by atoms with Crippen molar-refractivity contribution in [1.82, 2.24) is 0 Å². The van der Waals surface area contributed by atoms with Crippen molar-refractivity contribution >= 4 is 40.4 Å². The number of rotatable bonds is 4. The molecule has 0 bridgehead atoms. The molecule has 31 heavy (non-hydrogen) atoms. The number of imide groups is 1. The van der Waals surface area contributed by atoms with E-state index in [0.29, 0.717) is 21.8 Å². The summed E-state index contributed by atoms with van der Waals surface area (Å²) in [6.07, 6.45) is 0. The average Bonchev–Trinajstić information content (AvgIpc) is 2.97. The van der Waals surface area contributed by atoms with Crippen LogP contribution < -0.4 is 10.2 Å². The van der Waals surface area contributed by atoms with E-state index in [1.807, 2.05) is 70.2 Å². The minimum absolute atomic E-state index is 0.258. The quantitative estimate of drug-likeness (QED) is 0.518. The number of anilines is 2. The topological polar surface area (TPSA) is 49.4 Å². The first-order chi connectivity index (χ1) is 14.8. The van der Waals surface area contributed by atoms with Gasteiger partial charge in [-0.1, -0.05) is 53.6 Å². The molecule has 0 unspecified atom stereocenters. The second-order valence-electron chi connectivity index (χ2n) is 7.92. The summed E-state index contributed by atoms with van der Waals surface area (Å²) in [6, 6.07) is 18.6. The van der Waals surface area contributed by atoms with Gasteiger partial charge in [0.05, 0.1) is 11.3 Å². The molecule has 0 aromatic heterocycles. The second-order valence-corrected chi connectivity index (χ2v) is 8.33. The molecule has 1 aliphatic heterocycles. The Kier molecular flexibility index (Phi) is 5.42. The molecule has 1 N–H and O–H groups in total. The van der Waals surface area contributed by atoms with Gasteiger partial charge >= 0.3 is 0 Å². The first-order valence-electron chi connectivity index (χ1n) is 10.1. The van der Waals surface area contributed by atoms with Crippen molar-refractivity contribution in [3.05, 3.63) is 99.2 Å². The summed E-state index contributed by atoms with van der Waals surface area (Å²) in [4.78, 5) is 28.1. The minimum Gasteiger partial charge on any atom is -0.350 e. The smallest absolute Gasteiger partial charge is 0.282 e. The Balaban J connectivity index is 1.83. The van der Waals surface area contributed by atoms with Gasteiger partial charge in [0.1, 0.15) is 5.70 Å². The van der Waals surface area contributed by atoms with Gasteiger partial charge in [-0.15, -0.1) is 0 Å². The maximum absolute atomic E-state index is 13.5. The summed E-state index contributed by atoms with van der Waals surface area (Å²) >= 11 is 6.28. The van der Waals surface area contributed by atoms with Crippen molar-refractivity contribution in [3.8, 4) is 0 Å². The number of nitrogens with zero attached hydrogens (tertiary/aromatic N) is 1. The van der Waals surface area contributed by atoms with E-state index in [-0.39, 0.29) is 11.6 Å². The third-order valence-corrected chi connectivity index (χ3v) is 6.02. The molecule has 0 spiro atoms. The number of nitrogens with one attached hydrogen (secondary N) is 1. The van der Waals surface area contributed by atoms with Crippen LogP contribution in [-0.4, -0.2) is 11.8 Å². The molecule has 5 heteroatoms. The van der Waals surface area contributed by atoms with Gasteiger partial charge in [-0.2, -0.15) is 0 Å². The zero-order valence-corrected chi connectivity index (χ0v) is 18.7. The first kappa shape index (κ1) is 20.9. The molecule has 0 saturated carbocycles.